The van der Waals surface area contributed by atoms with Gasteiger partial charge in [0.1, 0.15) is 5.78 Å². The summed E-state index contributed by atoms with van der Waals surface area (Å²) >= 11 is 0. The highest BCUT2D eigenvalue weighted by Gasteiger charge is 2.13. The van der Waals surface area contributed by atoms with Crippen molar-refractivity contribution >= 4 is 17.3 Å². The smallest absolute Gasteiger partial charge is 0.172 e. The van der Waals surface area contributed by atoms with Crippen LogP contribution in [0.4, 0.5) is 5.69 Å². The fraction of sp³-hybridized carbons (Fsp3) is 0.333. The van der Waals surface area contributed by atoms with E-state index in [1.54, 1.807) is 12.1 Å². The molecule has 3 nitrogen and oxygen atoms in total. The van der Waals surface area contributed by atoms with Crippen LogP contribution < -0.4 is 4.90 Å². The van der Waals surface area contributed by atoms with E-state index in [0.717, 1.165) is 5.69 Å². The molecule has 0 atom stereocenters. The number of carbonyl (C=O) groups excluding carboxylic acids is 2. The van der Waals surface area contributed by atoms with E-state index in [1.807, 2.05) is 31.1 Å². The van der Waals surface area contributed by atoms with E-state index in [1.165, 1.54) is 6.92 Å². The quantitative estimate of drug-likeness (QED) is 0.556. The maximum Gasteiger partial charge on any atom is 0.172 e. The van der Waals surface area contributed by atoms with Gasteiger partial charge in [0.25, 0.3) is 0 Å². The Kier molecular flexibility index (Phi) is 3.61. The molecule has 0 heterocycles. The summed E-state index contributed by atoms with van der Waals surface area (Å²) in [6.45, 7) is 1.43. The molecule has 0 aliphatic rings. The Morgan fingerprint density at radius 1 is 1.20 bits per heavy atom. The zero-order valence-electron chi connectivity index (χ0n) is 9.28. The summed E-state index contributed by atoms with van der Waals surface area (Å²) in [5, 5.41) is 0. The van der Waals surface area contributed by atoms with E-state index < -0.39 is 0 Å². The molecule has 3 heteroatoms. The minimum Gasteiger partial charge on any atom is -0.377 e. The molecule has 0 aliphatic carbocycles. The second kappa shape index (κ2) is 4.73. The van der Waals surface area contributed by atoms with Crippen molar-refractivity contribution in [2.45, 2.75) is 13.3 Å². The normalized spacial score (nSPS) is 9.80. The minimum atomic E-state index is -0.119. The number of para-hydroxylation sites is 1. The van der Waals surface area contributed by atoms with Gasteiger partial charge < -0.3 is 4.90 Å². The third-order valence-corrected chi connectivity index (χ3v) is 2.10. The summed E-state index contributed by atoms with van der Waals surface area (Å²) in [6, 6.07) is 7.30. The summed E-state index contributed by atoms with van der Waals surface area (Å²) in [6.07, 6.45) is -0.0230. The van der Waals surface area contributed by atoms with Crippen LogP contribution in [0, 0.1) is 0 Å². The van der Waals surface area contributed by atoms with Crippen molar-refractivity contribution in [3.8, 4) is 0 Å². The van der Waals surface area contributed by atoms with Gasteiger partial charge in [-0.3, -0.25) is 9.59 Å². The summed E-state index contributed by atoms with van der Waals surface area (Å²) in [5.74, 6) is -0.222. The predicted molar refractivity (Wildman–Crippen MR) is 60.4 cm³/mol. The van der Waals surface area contributed by atoms with E-state index in [9.17, 15) is 9.59 Å². The van der Waals surface area contributed by atoms with Gasteiger partial charge in [-0.15, -0.1) is 0 Å². The Morgan fingerprint density at radius 3 is 2.33 bits per heavy atom. The molecule has 0 saturated heterocycles. The molecule has 1 aromatic carbocycles. The lowest BCUT2D eigenvalue weighted by atomic mass is 10.0. The second-order valence-electron chi connectivity index (χ2n) is 3.71. The first kappa shape index (κ1) is 11.4. The zero-order chi connectivity index (χ0) is 11.4. The molecule has 0 unspecified atom stereocenters. The van der Waals surface area contributed by atoms with Crippen LogP contribution in [0.25, 0.3) is 0 Å². The Bertz CT molecular complexity index is 383. The second-order valence-corrected chi connectivity index (χ2v) is 3.71. The van der Waals surface area contributed by atoms with Crippen LogP contribution in [0.5, 0.6) is 0 Å². The number of carbonyl (C=O) groups is 2. The van der Waals surface area contributed by atoms with Gasteiger partial charge in [-0.25, -0.2) is 0 Å². The molecule has 0 N–H and O–H groups in total. The standard InChI is InChI=1S/C12H15NO2/c1-9(14)8-12(15)10-6-4-5-7-11(10)13(2)3/h4-7H,8H2,1-3H3. The number of anilines is 1. The van der Waals surface area contributed by atoms with Crippen LogP contribution in [0.1, 0.15) is 23.7 Å². The highest BCUT2D eigenvalue weighted by molar-refractivity contribution is 6.10. The Hall–Kier alpha value is -1.64. The summed E-state index contributed by atoms with van der Waals surface area (Å²) in [7, 11) is 3.75. The van der Waals surface area contributed by atoms with Crippen LogP contribution in [-0.2, 0) is 4.79 Å². The molecular weight excluding hydrogens is 190 g/mol. The maximum absolute atomic E-state index is 11.7. The van der Waals surface area contributed by atoms with E-state index in [2.05, 4.69) is 0 Å². The number of rotatable bonds is 4. The third kappa shape index (κ3) is 2.91. The molecule has 0 saturated carbocycles. The Labute approximate surface area is 89.7 Å². The summed E-state index contributed by atoms with van der Waals surface area (Å²) < 4.78 is 0. The molecular formula is C12H15NO2. The molecule has 0 radical (unpaired) electrons. The lowest BCUT2D eigenvalue weighted by molar-refractivity contribution is -0.116. The van der Waals surface area contributed by atoms with Crippen molar-refractivity contribution in [2.75, 3.05) is 19.0 Å². The van der Waals surface area contributed by atoms with Crippen LogP contribution in [0.15, 0.2) is 24.3 Å². The van der Waals surface area contributed by atoms with Crippen LogP contribution in [-0.4, -0.2) is 25.7 Å². The topological polar surface area (TPSA) is 37.4 Å². The molecule has 0 amide bonds. The van der Waals surface area contributed by atoms with Gasteiger partial charge >= 0.3 is 0 Å². The van der Waals surface area contributed by atoms with Gasteiger partial charge in [-0.2, -0.15) is 0 Å². The van der Waals surface area contributed by atoms with E-state index in [0.29, 0.717) is 5.56 Å². The molecule has 1 rings (SSSR count). The van der Waals surface area contributed by atoms with Crippen molar-refractivity contribution < 1.29 is 9.59 Å². The molecule has 0 aliphatic heterocycles. The molecule has 80 valence electrons. The monoisotopic (exact) mass is 205 g/mol. The van der Waals surface area contributed by atoms with Gasteiger partial charge in [0.2, 0.25) is 0 Å². The fourth-order valence-corrected chi connectivity index (χ4v) is 1.42. The fourth-order valence-electron chi connectivity index (χ4n) is 1.42. The van der Waals surface area contributed by atoms with E-state index in [-0.39, 0.29) is 18.0 Å². The highest BCUT2D eigenvalue weighted by Crippen LogP contribution is 2.19. The molecule has 0 bridgehead atoms. The number of hydrogen-bond donors (Lipinski definition) is 0. The largest absolute Gasteiger partial charge is 0.377 e. The van der Waals surface area contributed by atoms with Gasteiger partial charge in [0.05, 0.1) is 6.42 Å². The van der Waals surface area contributed by atoms with Crippen LogP contribution >= 0.6 is 0 Å². The van der Waals surface area contributed by atoms with Crippen molar-refractivity contribution in [1.82, 2.24) is 0 Å². The summed E-state index contributed by atoms with van der Waals surface area (Å²) in [5.41, 5.74) is 1.46. The molecule has 1 aromatic rings. The van der Waals surface area contributed by atoms with Gasteiger partial charge in [0.15, 0.2) is 5.78 Å². The number of Topliss-reactive ketones (excluding diaryl/α,β-unsaturated/α-hetero) is 2. The SMILES string of the molecule is CC(=O)CC(=O)c1ccccc1N(C)C. The first-order chi connectivity index (χ1) is 7.02. The number of benzene rings is 1. The van der Waals surface area contributed by atoms with Gasteiger partial charge in [0, 0.05) is 25.3 Å². The van der Waals surface area contributed by atoms with Crippen molar-refractivity contribution in [3.63, 3.8) is 0 Å². The van der Waals surface area contributed by atoms with Crippen LogP contribution in [0.2, 0.25) is 0 Å². The Morgan fingerprint density at radius 2 is 1.80 bits per heavy atom. The van der Waals surface area contributed by atoms with Gasteiger partial charge in [-0.1, -0.05) is 12.1 Å². The predicted octanol–water partition coefficient (Wildman–Crippen LogP) is 1.91. The number of hydrogen-bond acceptors (Lipinski definition) is 3. The van der Waals surface area contributed by atoms with E-state index >= 15 is 0 Å². The van der Waals surface area contributed by atoms with Gasteiger partial charge in [-0.05, 0) is 19.1 Å². The first-order valence-electron chi connectivity index (χ1n) is 4.81. The molecule has 0 spiro atoms. The number of ketones is 2. The lowest BCUT2D eigenvalue weighted by Crippen LogP contribution is -2.15. The average Bonchev–Trinajstić information content (AvgIpc) is 2.16. The first-order valence-corrected chi connectivity index (χ1v) is 4.81. The van der Waals surface area contributed by atoms with Crippen molar-refractivity contribution in [3.05, 3.63) is 29.8 Å². The van der Waals surface area contributed by atoms with Crippen molar-refractivity contribution in [2.24, 2.45) is 0 Å². The number of nitrogens with zero attached hydrogens (tertiary/aromatic N) is 1. The third-order valence-electron chi connectivity index (χ3n) is 2.10. The molecule has 15 heavy (non-hydrogen) atoms. The lowest BCUT2D eigenvalue weighted by Gasteiger charge is -2.16. The average molecular weight is 205 g/mol. The van der Waals surface area contributed by atoms with E-state index in [4.69, 9.17) is 0 Å². The van der Waals surface area contributed by atoms with Crippen molar-refractivity contribution in [1.29, 1.82) is 0 Å². The summed E-state index contributed by atoms with van der Waals surface area (Å²) in [4.78, 5) is 24.5. The Balaban J connectivity index is 3.02. The highest BCUT2D eigenvalue weighted by atomic mass is 16.1. The zero-order valence-corrected chi connectivity index (χ0v) is 9.28. The van der Waals surface area contributed by atoms with Crippen LogP contribution in [0.3, 0.4) is 0 Å². The minimum absolute atomic E-state index is 0.0230. The maximum atomic E-state index is 11.7. The molecule has 0 aromatic heterocycles. The molecule has 0 fully saturated rings.